The Morgan fingerprint density at radius 2 is 1.95 bits per heavy atom. The Labute approximate surface area is 129 Å². The molecule has 0 saturated heterocycles. The van der Waals surface area contributed by atoms with Gasteiger partial charge in [0.1, 0.15) is 19.0 Å². The molecule has 0 fully saturated rings. The minimum atomic E-state index is -0.0433. The standard InChI is InChI=1S/C17H17ClO3/c1-12-9-13(16(19)11-20-2)7-8-17(12)21-10-14-5-3-4-6-15(14)18/h3-9H,10-11H2,1-2H3. The molecule has 0 saturated carbocycles. The number of halogens is 1. The van der Waals surface area contributed by atoms with E-state index in [1.165, 1.54) is 7.11 Å². The van der Waals surface area contributed by atoms with Gasteiger partial charge in [-0.25, -0.2) is 0 Å². The third-order valence-corrected chi connectivity index (χ3v) is 3.48. The van der Waals surface area contributed by atoms with Crippen LogP contribution in [0, 0.1) is 6.92 Å². The first-order valence-corrected chi connectivity index (χ1v) is 6.98. The molecule has 0 aliphatic heterocycles. The lowest BCUT2D eigenvalue weighted by molar-refractivity contribution is 0.0848. The van der Waals surface area contributed by atoms with E-state index in [1.807, 2.05) is 37.3 Å². The first-order valence-electron chi connectivity index (χ1n) is 6.61. The van der Waals surface area contributed by atoms with Gasteiger partial charge in [0, 0.05) is 23.3 Å². The SMILES string of the molecule is COCC(=O)c1ccc(OCc2ccccc2Cl)c(C)c1. The molecule has 0 aliphatic carbocycles. The molecule has 0 radical (unpaired) electrons. The molecule has 0 bridgehead atoms. The van der Waals surface area contributed by atoms with Crippen molar-refractivity contribution in [3.63, 3.8) is 0 Å². The molecule has 0 unspecified atom stereocenters. The van der Waals surface area contributed by atoms with Crippen LogP contribution in [0.4, 0.5) is 0 Å². The Morgan fingerprint density at radius 3 is 2.62 bits per heavy atom. The first-order chi connectivity index (χ1) is 10.1. The predicted molar refractivity (Wildman–Crippen MR) is 83.2 cm³/mol. The fraction of sp³-hybridized carbons (Fsp3) is 0.235. The molecule has 0 spiro atoms. The summed E-state index contributed by atoms with van der Waals surface area (Å²) in [4.78, 5) is 11.7. The van der Waals surface area contributed by atoms with Crippen LogP contribution in [0.3, 0.4) is 0 Å². The third kappa shape index (κ3) is 4.06. The lowest BCUT2D eigenvalue weighted by Gasteiger charge is -2.11. The number of carbonyl (C=O) groups is 1. The molecule has 110 valence electrons. The lowest BCUT2D eigenvalue weighted by Crippen LogP contribution is -2.07. The minimum absolute atomic E-state index is 0.0433. The number of rotatable bonds is 6. The maximum Gasteiger partial charge on any atom is 0.188 e. The summed E-state index contributed by atoms with van der Waals surface area (Å²) in [5, 5.41) is 0.682. The highest BCUT2D eigenvalue weighted by atomic mass is 35.5. The normalized spacial score (nSPS) is 10.4. The summed E-state index contributed by atoms with van der Waals surface area (Å²) >= 11 is 6.09. The van der Waals surface area contributed by atoms with Crippen molar-refractivity contribution in [3.8, 4) is 5.75 Å². The highest BCUT2D eigenvalue weighted by Crippen LogP contribution is 2.22. The summed E-state index contributed by atoms with van der Waals surface area (Å²) < 4.78 is 10.6. The van der Waals surface area contributed by atoms with Crippen LogP contribution in [0.5, 0.6) is 5.75 Å². The minimum Gasteiger partial charge on any atom is -0.489 e. The second kappa shape index (κ2) is 7.25. The molecule has 0 aliphatic rings. The summed E-state index contributed by atoms with van der Waals surface area (Å²) in [6, 6.07) is 12.9. The number of carbonyl (C=O) groups excluding carboxylic acids is 1. The van der Waals surface area contributed by atoms with Gasteiger partial charge in [-0.2, -0.15) is 0 Å². The molecule has 0 amide bonds. The van der Waals surface area contributed by atoms with Crippen molar-refractivity contribution < 1.29 is 14.3 Å². The summed E-state index contributed by atoms with van der Waals surface area (Å²) in [6.45, 7) is 2.39. The van der Waals surface area contributed by atoms with Crippen molar-refractivity contribution in [3.05, 3.63) is 64.2 Å². The van der Waals surface area contributed by atoms with Crippen LogP contribution in [0.25, 0.3) is 0 Å². The largest absolute Gasteiger partial charge is 0.489 e. The maximum atomic E-state index is 11.7. The number of ether oxygens (including phenoxy) is 2. The average Bonchev–Trinajstić information content (AvgIpc) is 2.47. The number of aryl methyl sites for hydroxylation is 1. The molecule has 4 heteroatoms. The van der Waals surface area contributed by atoms with E-state index < -0.39 is 0 Å². The number of benzene rings is 2. The van der Waals surface area contributed by atoms with Crippen LogP contribution in [0.1, 0.15) is 21.5 Å². The van der Waals surface area contributed by atoms with Gasteiger partial charge in [0.2, 0.25) is 0 Å². The molecule has 0 N–H and O–H groups in total. The number of hydrogen-bond donors (Lipinski definition) is 0. The monoisotopic (exact) mass is 304 g/mol. The Kier molecular flexibility index (Phi) is 5.37. The Hall–Kier alpha value is -1.84. The molecule has 21 heavy (non-hydrogen) atoms. The number of Topliss-reactive ketones (excluding diaryl/α,β-unsaturated/α-hetero) is 1. The highest BCUT2D eigenvalue weighted by molar-refractivity contribution is 6.31. The van der Waals surface area contributed by atoms with E-state index in [-0.39, 0.29) is 12.4 Å². The van der Waals surface area contributed by atoms with E-state index in [2.05, 4.69) is 0 Å². The summed E-state index contributed by atoms with van der Waals surface area (Å²) in [5.41, 5.74) is 2.46. The van der Waals surface area contributed by atoms with Gasteiger partial charge in [-0.3, -0.25) is 4.79 Å². The van der Waals surface area contributed by atoms with E-state index >= 15 is 0 Å². The van der Waals surface area contributed by atoms with Crippen LogP contribution >= 0.6 is 11.6 Å². The van der Waals surface area contributed by atoms with E-state index in [1.54, 1.807) is 12.1 Å². The van der Waals surface area contributed by atoms with Crippen LogP contribution in [0.15, 0.2) is 42.5 Å². The second-order valence-corrected chi connectivity index (χ2v) is 5.12. The maximum absolute atomic E-state index is 11.7. The van der Waals surface area contributed by atoms with Gasteiger partial charge in [0.25, 0.3) is 0 Å². The predicted octanol–water partition coefficient (Wildman–Crippen LogP) is 4.06. The van der Waals surface area contributed by atoms with Gasteiger partial charge < -0.3 is 9.47 Å². The fourth-order valence-electron chi connectivity index (χ4n) is 1.97. The van der Waals surface area contributed by atoms with Crippen molar-refractivity contribution in [2.45, 2.75) is 13.5 Å². The lowest BCUT2D eigenvalue weighted by atomic mass is 10.1. The smallest absolute Gasteiger partial charge is 0.188 e. The third-order valence-electron chi connectivity index (χ3n) is 3.11. The highest BCUT2D eigenvalue weighted by Gasteiger charge is 2.09. The van der Waals surface area contributed by atoms with Crippen molar-refractivity contribution in [2.75, 3.05) is 13.7 Å². The molecule has 2 aromatic carbocycles. The molecule has 0 aromatic heterocycles. The summed E-state index contributed by atoms with van der Waals surface area (Å²) in [7, 11) is 1.51. The average molecular weight is 305 g/mol. The van der Waals surface area contributed by atoms with E-state index in [9.17, 15) is 4.79 Å². The molecular formula is C17H17ClO3. The Bertz CT molecular complexity index is 638. The van der Waals surface area contributed by atoms with Crippen LogP contribution in [0.2, 0.25) is 5.02 Å². The first kappa shape index (κ1) is 15.5. The van der Waals surface area contributed by atoms with Gasteiger partial charge >= 0.3 is 0 Å². The fourth-order valence-corrected chi connectivity index (χ4v) is 2.16. The van der Waals surface area contributed by atoms with E-state index in [4.69, 9.17) is 21.1 Å². The summed E-state index contributed by atoms with van der Waals surface area (Å²) in [5.74, 6) is 0.696. The van der Waals surface area contributed by atoms with Crippen LogP contribution in [-0.4, -0.2) is 19.5 Å². The zero-order chi connectivity index (χ0) is 15.2. The van der Waals surface area contributed by atoms with Gasteiger partial charge in [0.15, 0.2) is 5.78 Å². The quantitative estimate of drug-likeness (QED) is 0.755. The van der Waals surface area contributed by atoms with Crippen molar-refractivity contribution in [1.29, 1.82) is 0 Å². The molecule has 0 atom stereocenters. The van der Waals surface area contributed by atoms with Gasteiger partial charge in [-0.1, -0.05) is 29.8 Å². The van der Waals surface area contributed by atoms with Gasteiger partial charge in [0.05, 0.1) is 0 Å². The van der Waals surface area contributed by atoms with Gasteiger partial charge in [-0.15, -0.1) is 0 Å². The zero-order valence-corrected chi connectivity index (χ0v) is 12.8. The Balaban J connectivity index is 2.08. The van der Waals surface area contributed by atoms with E-state index in [0.717, 1.165) is 16.9 Å². The number of hydrogen-bond acceptors (Lipinski definition) is 3. The van der Waals surface area contributed by atoms with Crippen molar-refractivity contribution >= 4 is 17.4 Å². The van der Waals surface area contributed by atoms with Crippen molar-refractivity contribution in [2.24, 2.45) is 0 Å². The zero-order valence-electron chi connectivity index (χ0n) is 12.1. The van der Waals surface area contributed by atoms with Crippen LogP contribution < -0.4 is 4.74 Å². The topological polar surface area (TPSA) is 35.5 Å². The van der Waals surface area contributed by atoms with Crippen molar-refractivity contribution in [1.82, 2.24) is 0 Å². The number of ketones is 1. The van der Waals surface area contributed by atoms with Crippen LogP contribution in [-0.2, 0) is 11.3 Å². The van der Waals surface area contributed by atoms with Gasteiger partial charge in [-0.05, 0) is 36.8 Å². The summed E-state index contributed by atoms with van der Waals surface area (Å²) in [6.07, 6.45) is 0. The number of methoxy groups -OCH3 is 1. The molecule has 0 heterocycles. The molecule has 3 nitrogen and oxygen atoms in total. The molecule has 2 rings (SSSR count). The Morgan fingerprint density at radius 1 is 1.19 bits per heavy atom. The van der Waals surface area contributed by atoms with E-state index in [0.29, 0.717) is 17.2 Å². The molecule has 2 aromatic rings. The second-order valence-electron chi connectivity index (χ2n) is 4.72. The molecular weight excluding hydrogens is 288 g/mol.